The third kappa shape index (κ3) is 3.01. The smallest absolute Gasteiger partial charge is 0.232 e. The molecule has 1 fully saturated rings. The average molecular weight is 366 g/mol. The minimum atomic E-state index is -0.336. The van der Waals surface area contributed by atoms with Crippen LogP contribution in [0.1, 0.15) is 12.0 Å². The quantitative estimate of drug-likeness (QED) is 0.835. The zero-order valence-corrected chi connectivity index (χ0v) is 15.5. The van der Waals surface area contributed by atoms with Gasteiger partial charge in [0.25, 0.3) is 0 Å². The van der Waals surface area contributed by atoms with Crippen molar-refractivity contribution in [2.45, 2.75) is 12.8 Å². The fraction of sp³-hybridized carbons (Fsp3) is 0.333. The molecule has 2 aliphatic heterocycles. The van der Waals surface area contributed by atoms with Gasteiger partial charge in [-0.15, -0.1) is 0 Å². The van der Waals surface area contributed by atoms with Gasteiger partial charge in [-0.25, -0.2) is 0 Å². The summed E-state index contributed by atoms with van der Waals surface area (Å²) < 4.78 is 10.6. The van der Waals surface area contributed by atoms with Crippen LogP contribution in [0.25, 0.3) is 0 Å². The predicted molar refractivity (Wildman–Crippen MR) is 103 cm³/mol. The summed E-state index contributed by atoms with van der Waals surface area (Å²) in [5, 5.41) is 0. The van der Waals surface area contributed by atoms with Crippen LogP contribution in [-0.4, -0.2) is 39.1 Å². The van der Waals surface area contributed by atoms with E-state index in [1.807, 2.05) is 29.2 Å². The van der Waals surface area contributed by atoms with Gasteiger partial charge < -0.3 is 19.3 Å². The number of carbonyl (C=O) groups excluding carboxylic acids is 2. The first kappa shape index (κ1) is 17.4. The van der Waals surface area contributed by atoms with E-state index >= 15 is 0 Å². The molecule has 2 aliphatic rings. The molecule has 2 aromatic rings. The average Bonchev–Trinajstić information content (AvgIpc) is 3.30. The van der Waals surface area contributed by atoms with Crippen molar-refractivity contribution < 1.29 is 19.1 Å². The van der Waals surface area contributed by atoms with E-state index < -0.39 is 0 Å². The number of carbonyl (C=O) groups is 2. The highest BCUT2D eigenvalue weighted by molar-refractivity contribution is 6.05. The van der Waals surface area contributed by atoms with Gasteiger partial charge in [0.05, 0.1) is 20.1 Å². The van der Waals surface area contributed by atoms with E-state index in [2.05, 4.69) is 6.07 Å². The number of ether oxygens (including phenoxy) is 2. The summed E-state index contributed by atoms with van der Waals surface area (Å²) in [6.45, 7) is 1.06. The van der Waals surface area contributed by atoms with Gasteiger partial charge in [-0.2, -0.15) is 0 Å². The minimum Gasteiger partial charge on any atom is -0.493 e. The van der Waals surface area contributed by atoms with E-state index in [1.165, 1.54) is 5.56 Å². The molecule has 0 saturated carbocycles. The Morgan fingerprint density at radius 2 is 1.85 bits per heavy atom. The number of benzene rings is 2. The van der Waals surface area contributed by atoms with E-state index in [9.17, 15) is 9.59 Å². The van der Waals surface area contributed by atoms with Crippen LogP contribution in [0.3, 0.4) is 0 Å². The van der Waals surface area contributed by atoms with Gasteiger partial charge in [-0.1, -0.05) is 18.2 Å². The Morgan fingerprint density at radius 1 is 1.07 bits per heavy atom. The van der Waals surface area contributed by atoms with E-state index in [0.717, 1.165) is 17.8 Å². The summed E-state index contributed by atoms with van der Waals surface area (Å²) in [4.78, 5) is 29.1. The molecule has 0 aromatic heterocycles. The van der Waals surface area contributed by atoms with Crippen LogP contribution in [0.5, 0.6) is 11.5 Å². The summed E-state index contributed by atoms with van der Waals surface area (Å²) in [5.41, 5.74) is 2.88. The van der Waals surface area contributed by atoms with Crippen molar-refractivity contribution in [3.8, 4) is 11.5 Å². The zero-order chi connectivity index (χ0) is 19.0. The normalized spacial score (nSPS) is 18.6. The number of nitrogens with zero attached hydrogens (tertiary/aromatic N) is 2. The Balaban J connectivity index is 1.54. The molecule has 0 bridgehead atoms. The largest absolute Gasteiger partial charge is 0.493 e. The van der Waals surface area contributed by atoms with Gasteiger partial charge in [0.1, 0.15) is 0 Å². The molecule has 2 amide bonds. The van der Waals surface area contributed by atoms with Crippen LogP contribution in [0.2, 0.25) is 0 Å². The molecular formula is C21H22N2O4. The van der Waals surface area contributed by atoms with Gasteiger partial charge in [0, 0.05) is 37.0 Å². The summed E-state index contributed by atoms with van der Waals surface area (Å²) in [6.07, 6.45) is 1.09. The number of methoxy groups -OCH3 is 2. The lowest BCUT2D eigenvalue weighted by atomic mass is 10.1. The molecule has 1 saturated heterocycles. The van der Waals surface area contributed by atoms with Crippen LogP contribution >= 0.6 is 0 Å². The molecule has 140 valence electrons. The molecule has 6 heteroatoms. The van der Waals surface area contributed by atoms with E-state index in [4.69, 9.17) is 9.47 Å². The topological polar surface area (TPSA) is 59.1 Å². The van der Waals surface area contributed by atoms with Crippen molar-refractivity contribution in [3.63, 3.8) is 0 Å². The molecule has 6 nitrogen and oxygen atoms in total. The van der Waals surface area contributed by atoms with E-state index in [-0.39, 0.29) is 24.2 Å². The first-order valence-corrected chi connectivity index (χ1v) is 9.04. The Kier molecular flexibility index (Phi) is 4.48. The number of hydrogen-bond donors (Lipinski definition) is 0. The Labute approximate surface area is 158 Å². The van der Waals surface area contributed by atoms with Crippen molar-refractivity contribution >= 4 is 23.2 Å². The summed E-state index contributed by atoms with van der Waals surface area (Å²) >= 11 is 0. The van der Waals surface area contributed by atoms with Crippen molar-refractivity contribution in [1.82, 2.24) is 0 Å². The maximum atomic E-state index is 13.1. The molecule has 0 radical (unpaired) electrons. The lowest BCUT2D eigenvalue weighted by Gasteiger charge is -2.22. The standard InChI is InChI=1S/C21H22N2O4/c1-26-18-8-7-16(12-19(18)27-2)23-13-15(11-20(23)24)21(25)22-10-9-14-5-3-4-6-17(14)22/h3-8,12,15H,9-11,13H2,1-2H3/t15-/m1/s1. The minimum absolute atomic E-state index is 0.0243. The molecule has 2 heterocycles. The van der Waals surface area contributed by atoms with Crippen LogP contribution in [-0.2, 0) is 16.0 Å². The lowest BCUT2D eigenvalue weighted by Crippen LogP contribution is -2.36. The van der Waals surface area contributed by atoms with Crippen molar-refractivity contribution in [1.29, 1.82) is 0 Å². The second-order valence-corrected chi connectivity index (χ2v) is 6.81. The van der Waals surface area contributed by atoms with Crippen LogP contribution in [0.4, 0.5) is 11.4 Å². The van der Waals surface area contributed by atoms with Crippen molar-refractivity contribution in [2.75, 3.05) is 37.1 Å². The molecule has 2 aromatic carbocycles. The number of rotatable bonds is 4. The third-order valence-electron chi connectivity index (χ3n) is 5.31. The maximum Gasteiger partial charge on any atom is 0.232 e. The van der Waals surface area contributed by atoms with Gasteiger partial charge in [-0.3, -0.25) is 9.59 Å². The highest BCUT2D eigenvalue weighted by atomic mass is 16.5. The Morgan fingerprint density at radius 3 is 2.63 bits per heavy atom. The predicted octanol–water partition coefficient (Wildman–Crippen LogP) is 2.65. The molecular weight excluding hydrogens is 344 g/mol. The fourth-order valence-electron chi connectivity index (χ4n) is 3.90. The van der Waals surface area contributed by atoms with Gasteiger partial charge >= 0.3 is 0 Å². The molecule has 0 aliphatic carbocycles. The van der Waals surface area contributed by atoms with E-state index in [1.54, 1.807) is 31.3 Å². The first-order valence-electron chi connectivity index (χ1n) is 9.04. The van der Waals surface area contributed by atoms with Crippen LogP contribution in [0, 0.1) is 5.92 Å². The molecule has 4 rings (SSSR count). The third-order valence-corrected chi connectivity index (χ3v) is 5.31. The zero-order valence-electron chi connectivity index (χ0n) is 15.5. The van der Waals surface area contributed by atoms with Gasteiger partial charge in [-0.05, 0) is 30.2 Å². The van der Waals surface area contributed by atoms with Crippen molar-refractivity contribution in [2.24, 2.45) is 5.92 Å². The number of para-hydroxylation sites is 1. The summed E-state index contributed by atoms with van der Waals surface area (Å²) in [7, 11) is 3.13. The summed E-state index contributed by atoms with van der Waals surface area (Å²) in [5.74, 6) is 0.807. The van der Waals surface area contributed by atoms with Crippen LogP contribution in [0.15, 0.2) is 42.5 Å². The van der Waals surface area contributed by atoms with Crippen LogP contribution < -0.4 is 19.3 Å². The molecule has 1 atom stereocenters. The molecule has 27 heavy (non-hydrogen) atoms. The second-order valence-electron chi connectivity index (χ2n) is 6.81. The summed E-state index contributed by atoms with van der Waals surface area (Å²) in [6, 6.07) is 13.3. The maximum absolute atomic E-state index is 13.1. The Hall–Kier alpha value is -3.02. The number of fused-ring (bicyclic) bond motifs is 1. The van der Waals surface area contributed by atoms with Gasteiger partial charge in [0.2, 0.25) is 11.8 Å². The second kappa shape index (κ2) is 6.95. The first-order chi connectivity index (χ1) is 13.1. The SMILES string of the molecule is COc1ccc(N2C[C@H](C(=O)N3CCc4ccccc43)CC2=O)cc1OC. The lowest BCUT2D eigenvalue weighted by molar-refractivity contribution is -0.124. The highest BCUT2D eigenvalue weighted by Crippen LogP contribution is 2.36. The number of amides is 2. The van der Waals surface area contributed by atoms with E-state index in [0.29, 0.717) is 24.6 Å². The molecule has 0 spiro atoms. The Bertz CT molecular complexity index is 896. The molecule has 0 N–H and O–H groups in total. The fourth-order valence-corrected chi connectivity index (χ4v) is 3.90. The monoisotopic (exact) mass is 366 g/mol. The molecule has 0 unspecified atom stereocenters. The number of hydrogen-bond acceptors (Lipinski definition) is 4. The van der Waals surface area contributed by atoms with Crippen molar-refractivity contribution in [3.05, 3.63) is 48.0 Å². The number of anilines is 2. The van der Waals surface area contributed by atoms with Gasteiger partial charge in [0.15, 0.2) is 11.5 Å². The highest BCUT2D eigenvalue weighted by Gasteiger charge is 2.39.